The van der Waals surface area contributed by atoms with Crippen molar-refractivity contribution in [3.05, 3.63) is 106 Å². The molecule has 0 aromatic heterocycles. The van der Waals surface area contributed by atoms with Crippen LogP contribution in [0.1, 0.15) is 20.7 Å². The fraction of sp³-hybridized carbons (Fsp3) is 0. The summed E-state index contributed by atoms with van der Waals surface area (Å²) in [5, 5.41) is 30.2. The molecule has 0 spiro atoms. The van der Waals surface area contributed by atoms with Gasteiger partial charge in [-0.3, -0.25) is 9.59 Å². The molecule has 5 rings (SSSR count). The number of phenols is 2. The van der Waals surface area contributed by atoms with Crippen LogP contribution in [-0.4, -0.2) is 22.0 Å². The Morgan fingerprint density at radius 3 is 1.28 bits per heavy atom. The molecule has 8 heteroatoms. The number of hydrogen-bond donors (Lipinski definition) is 4. The first kappa shape index (κ1) is 23.5. The van der Waals surface area contributed by atoms with Gasteiger partial charge in [0, 0.05) is 31.9 Å². The van der Waals surface area contributed by atoms with Crippen LogP contribution in [0.3, 0.4) is 0 Å². The van der Waals surface area contributed by atoms with Gasteiger partial charge in [0.1, 0.15) is 11.5 Å². The average molecular weight is 517 g/mol. The van der Waals surface area contributed by atoms with Crippen molar-refractivity contribution in [1.82, 2.24) is 0 Å². The van der Waals surface area contributed by atoms with E-state index in [1.54, 1.807) is 84.9 Å². The van der Waals surface area contributed by atoms with Gasteiger partial charge in [0.15, 0.2) is 0 Å². The number of phenolic OH excluding ortho intramolecular Hbond substituents is 2. The number of hydrogen-bond acceptors (Lipinski definition) is 4. The fourth-order valence-electron chi connectivity index (χ4n) is 4.06. The van der Waals surface area contributed by atoms with E-state index in [-0.39, 0.29) is 33.6 Å². The maximum atomic E-state index is 12.9. The van der Waals surface area contributed by atoms with Crippen molar-refractivity contribution in [3.63, 3.8) is 0 Å². The van der Waals surface area contributed by atoms with Gasteiger partial charge in [0.25, 0.3) is 11.8 Å². The number of fused-ring (bicyclic) bond motifs is 2. The Hall–Kier alpha value is -4.26. The average Bonchev–Trinajstić information content (AvgIpc) is 2.88. The van der Waals surface area contributed by atoms with E-state index in [0.717, 1.165) is 0 Å². The van der Waals surface area contributed by atoms with Gasteiger partial charge in [-0.15, -0.1) is 0 Å². The van der Waals surface area contributed by atoms with Crippen LogP contribution in [0.15, 0.2) is 84.9 Å². The van der Waals surface area contributed by atoms with E-state index in [0.29, 0.717) is 31.9 Å². The Labute approximate surface area is 215 Å². The maximum absolute atomic E-state index is 12.9. The monoisotopic (exact) mass is 516 g/mol. The summed E-state index contributed by atoms with van der Waals surface area (Å²) in [6.07, 6.45) is 0. The third kappa shape index (κ3) is 4.28. The highest BCUT2D eigenvalue weighted by Gasteiger charge is 2.21. The molecule has 2 amide bonds. The van der Waals surface area contributed by atoms with Crippen LogP contribution >= 0.6 is 23.2 Å². The van der Waals surface area contributed by atoms with Crippen LogP contribution in [0.25, 0.3) is 21.5 Å². The molecule has 0 aliphatic carbocycles. The first-order valence-corrected chi connectivity index (χ1v) is 11.6. The summed E-state index contributed by atoms with van der Waals surface area (Å²) >= 11 is 11.9. The van der Waals surface area contributed by atoms with Crippen LogP contribution in [0.5, 0.6) is 11.5 Å². The Balaban J connectivity index is 1.66. The number of nitrogens with one attached hydrogen (secondary N) is 2. The lowest BCUT2D eigenvalue weighted by molar-refractivity contribution is 0.101. The highest BCUT2D eigenvalue weighted by atomic mass is 35.5. The van der Waals surface area contributed by atoms with E-state index in [2.05, 4.69) is 10.6 Å². The molecular formula is C28H18Cl2N2O4. The minimum atomic E-state index is -0.432. The molecule has 0 saturated heterocycles. The first-order chi connectivity index (χ1) is 17.3. The van der Waals surface area contributed by atoms with E-state index in [4.69, 9.17) is 23.2 Å². The number of halogens is 2. The zero-order valence-corrected chi connectivity index (χ0v) is 20.1. The summed E-state index contributed by atoms with van der Waals surface area (Å²) in [5.74, 6) is -1.16. The van der Waals surface area contributed by atoms with Gasteiger partial charge in [0.05, 0.1) is 22.1 Å². The van der Waals surface area contributed by atoms with Crippen molar-refractivity contribution in [2.24, 2.45) is 0 Å². The van der Waals surface area contributed by atoms with Gasteiger partial charge in [-0.05, 0) is 60.7 Å². The van der Waals surface area contributed by atoms with Crippen molar-refractivity contribution >= 4 is 67.9 Å². The molecule has 0 heterocycles. The Bertz CT molecular complexity index is 1530. The number of rotatable bonds is 4. The van der Waals surface area contributed by atoms with Crippen molar-refractivity contribution in [2.75, 3.05) is 10.6 Å². The van der Waals surface area contributed by atoms with E-state index in [1.165, 1.54) is 0 Å². The molecular weight excluding hydrogens is 499 g/mol. The third-order valence-corrected chi connectivity index (χ3v) is 6.33. The van der Waals surface area contributed by atoms with Crippen LogP contribution in [-0.2, 0) is 0 Å². The molecule has 6 nitrogen and oxygen atoms in total. The molecule has 0 aliphatic rings. The minimum absolute atomic E-state index is 0.146. The molecule has 36 heavy (non-hydrogen) atoms. The van der Waals surface area contributed by atoms with Crippen molar-refractivity contribution < 1.29 is 19.8 Å². The maximum Gasteiger partial charge on any atom is 0.255 e. The molecule has 0 radical (unpaired) electrons. The summed E-state index contributed by atoms with van der Waals surface area (Å²) in [7, 11) is 0. The number of anilines is 2. The van der Waals surface area contributed by atoms with Gasteiger partial charge < -0.3 is 20.8 Å². The van der Waals surface area contributed by atoms with E-state index >= 15 is 0 Å². The number of aromatic hydroxyl groups is 2. The summed E-state index contributed by atoms with van der Waals surface area (Å²) in [6.45, 7) is 0. The molecule has 0 fully saturated rings. The Morgan fingerprint density at radius 1 is 0.556 bits per heavy atom. The summed E-state index contributed by atoms with van der Waals surface area (Å²) in [6, 6.07) is 22.6. The number of benzene rings is 5. The number of carbonyl (C=O) groups is 2. The zero-order valence-electron chi connectivity index (χ0n) is 18.5. The highest BCUT2D eigenvalue weighted by Crippen LogP contribution is 2.47. The lowest BCUT2D eigenvalue weighted by Crippen LogP contribution is -2.14. The first-order valence-electron chi connectivity index (χ1n) is 10.9. The second-order valence-electron chi connectivity index (χ2n) is 8.08. The van der Waals surface area contributed by atoms with Crippen molar-refractivity contribution in [1.29, 1.82) is 0 Å². The summed E-state index contributed by atoms with van der Waals surface area (Å²) in [5.41, 5.74) is 1.23. The SMILES string of the molecule is O=C(Nc1ccc(NC(=O)c2ccc(Cl)cc2)c2c(O)c3ccccc3c(O)c12)c1ccc(Cl)cc1. The predicted octanol–water partition coefficient (Wildman–Crippen LogP) is 7.22. The van der Waals surface area contributed by atoms with Crippen LogP contribution in [0.4, 0.5) is 11.4 Å². The molecule has 178 valence electrons. The largest absolute Gasteiger partial charge is 0.507 e. The molecule has 5 aromatic rings. The summed E-state index contributed by atoms with van der Waals surface area (Å²) in [4.78, 5) is 25.9. The Kier molecular flexibility index (Phi) is 6.14. The number of amides is 2. The lowest BCUT2D eigenvalue weighted by atomic mass is 9.97. The summed E-state index contributed by atoms with van der Waals surface area (Å²) < 4.78 is 0. The van der Waals surface area contributed by atoms with Gasteiger partial charge in [-0.1, -0.05) is 47.5 Å². The molecule has 5 aromatic carbocycles. The van der Waals surface area contributed by atoms with E-state index < -0.39 is 11.8 Å². The normalized spacial score (nSPS) is 10.9. The third-order valence-electron chi connectivity index (χ3n) is 5.83. The number of carbonyl (C=O) groups excluding carboxylic acids is 2. The van der Waals surface area contributed by atoms with Crippen molar-refractivity contribution in [3.8, 4) is 11.5 Å². The second-order valence-corrected chi connectivity index (χ2v) is 8.95. The lowest BCUT2D eigenvalue weighted by Gasteiger charge is -2.18. The topological polar surface area (TPSA) is 98.7 Å². The molecule has 0 aliphatic heterocycles. The van der Waals surface area contributed by atoms with Gasteiger partial charge in [-0.2, -0.15) is 0 Å². The van der Waals surface area contributed by atoms with Gasteiger partial charge in [0.2, 0.25) is 0 Å². The second kappa shape index (κ2) is 9.41. The molecule has 4 N–H and O–H groups in total. The molecule has 0 unspecified atom stereocenters. The minimum Gasteiger partial charge on any atom is -0.507 e. The highest BCUT2D eigenvalue weighted by molar-refractivity contribution is 6.31. The smallest absolute Gasteiger partial charge is 0.255 e. The van der Waals surface area contributed by atoms with E-state index in [9.17, 15) is 19.8 Å². The van der Waals surface area contributed by atoms with Crippen LogP contribution < -0.4 is 10.6 Å². The molecule has 0 atom stereocenters. The molecule has 0 saturated carbocycles. The van der Waals surface area contributed by atoms with Crippen LogP contribution in [0.2, 0.25) is 10.0 Å². The predicted molar refractivity (Wildman–Crippen MR) is 144 cm³/mol. The fourth-order valence-corrected chi connectivity index (χ4v) is 4.31. The zero-order chi connectivity index (χ0) is 25.4. The quantitative estimate of drug-likeness (QED) is 0.150. The van der Waals surface area contributed by atoms with Crippen molar-refractivity contribution in [2.45, 2.75) is 0 Å². The van der Waals surface area contributed by atoms with Crippen LogP contribution in [0, 0.1) is 0 Å². The molecule has 0 bridgehead atoms. The van der Waals surface area contributed by atoms with Gasteiger partial charge in [-0.25, -0.2) is 0 Å². The standard InChI is InChI=1S/C28H18Cl2N2O4/c29-17-9-5-15(6-10-17)27(35)31-21-13-14-22(32-28(36)16-7-11-18(30)12-8-16)24-23(21)25(33)19-3-1-2-4-20(19)26(24)34/h1-14,33-34H,(H,31,35)(H,32,36). The Morgan fingerprint density at radius 2 is 0.917 bits per heavy atom. The van der Waals surface area contributed by atoms with Gasteiger partial charge >= 0.3 is 0 Å². The van der Waals surface area contributed by atoms with E-state index in [1.807, 2.05) is 0 Å².